The maximum absolute atomic E-state index is 11.5. The summed E-state index contributed by atoms with van der Waals surface area (Å²) in [6, 6.07) is 9.59. The molecule has 0 aliphatic rings. The standard InChI is InChI=1S/2C19H30O3.Ca/c2*1-2-3-4-5-6-7-8-9-10-11-13-16-14-12-15-17(20)18(16)19(21)22;/h2*12,14-15,20H,2-11,13H2,1H3,(H,21,22);/q;;+2/p-2. The minimum Gasteiger partial charge on any atom is -0.872 e. The number of aryl methyl sites for hydroxylation is 2. The molecule has 2 aromatic carbocycles. The first-order chi connectivity index (χ1) is 21.3. The van der Waals surface area contributed by atoms with E-state index in [1.54, 1.807) is 24.3 Å². The van der Waals surface area contributed by atoms with E-state index >= 15 is 0 Å². The molecule has 0 bridgehead atoms. The van der Waals surface area contributed by atoms with Crippen LogP contribution in [0.2, 0.25) is 0 Å². The molecule has 7 heteroatoms. The minimum atomic E-state index is -1.35. The molecule has 0 unspecified atom stereocenters. The van der Waals surface area contributed by atoms with Gasteiger partial charge in [-0.05, 0) is 48.4 Å². The van der Waals surface area contributed by atoms with Crippen LogP contribution in [0.1, 0.15) is 174 Å². The third-order valence-electron chi connectivity index (χ3n) is 8.26. The van der Waals surface area contributed by atoms with Crippen LogP contribution in [-0.4, -0.2) is 59.9 Å². The average Bonchev–Trinajstić information content (AvgIpc) is 2.99. The third kappa shape index (κ3) is 20.2. The first-order valence-corrected chi connectivity index (χ1v) is 17.4. The third-order valence-corrected chi connectivity index (χ3v) is 8.26. The van der Waals surface area contributed by atoms with Crippen molar-refractivity contribution in [2.75, 3.05) is 0 Å². The Morgan fingerprint density at radius 3 is 1.31 bits per heavy atom. The predicted octanol–water partition coefficient (Wildman–Crippen LogP) is 8.76. The molecule has 45 heavy (non-hydrogen) atoms. The Labute approximate surface area is 303 Å². The van der Waals surface area contributed by atoms with Crippen molar-refractivity contribution < 1.29 is 30.0 Å². The van der Waals surface area contributed by atoms with Gasteiger partial charge in [0.25, 0.3) is 0 Å². The zero-order valence-electron chi connectivity index (χ0n) is 28.3. The Hall–Kier alpha value is -1.76. The number of aromatic hydroxyl groups is 1. The van der Waals surface area contributed by atoms with Gasteiger partial charge in [-0.3, -0.25) is 0 Å². The molecule has 0 saturated heterocycles. The monoisotopic (exact) mass is 650 g/mol. The zero-order valence-corrected chi connectivity index (χ0v) is 30.5. The van der Waals surface area contributed by atoms with E-state index in [9.17, 15) is 24.9 Å². The fraction of sp³-hybridized carbons (Fsp3) is 0.632. The van der Waals surface area contributed by atoms with E-state index in [2.05, 4.69) is 13.8 Å². The van der Waals surface area contributed by atoms with Gasteiger partial charge in [-0.25, -0.2) is 4.79 Å². The van der Waals surface area contributed by atoms with Crippen molar-refractivity contribution in [3.8, 4) is 11.5 Å². The molecule has 0 fully saturated rings. The van der Waals surface area contributed by atoms with Gasteiger partial charge in [0.1, 0.15) is 11.3 Å². The maximum Gasteiger partial charge on any atom is 2.00 e. The smallest absolute Gasteiger partial charge is 0.872 e. The number of carboxylic acids is 2. The molecule has 0 radical (unpaired) electrons. The molecule has 0 aliphatic carbocycles. The van der Waals surface area contributed by atoms with Gasteiger partial charge in [0.15, 0.2) is 0 Å². The van der Waals surface area contributed by atoms with Crippen molar-refractivity contribution in [1.82, 2.24) is 0 Å². The van der Waals surface area contributed by atoms with Gasteiger partial charge in [-0.1, -0.05) is 166 Å². The number of carboxylic acid groups (broad SMARTS) is 2. The Kier molecular flexibility index (Phi) is 27.3. The van der Waals surface area contributed by atoms with Gasteiger partial charge in [0.05, 0.1) is 5.97 Å². The second-order valence-electron chi connectivity index (χ2n) is 12.1. The number of phenols is 1. The fourth-order valence-corrected chi connectivity index (χ4v) is 5.66. The first-order valence-electron chi connectivity index (χ1n) is 17.4. The van der Waals surface area contributed by atoms with Crippen molar-refractivity contribution in [3.63, 3.8) is 0 Å². The van der Waals surface area contributed by atoms with Crippen LogP contribution in [-0.2, 0) is 12.8 Å². The molecule has 2 N–H and O–H groups in total. The fourth-order valence-electron chi connectivity index (χ4n) is 5.66. The second kappa shape index (κ2) is 28.5. The summed E-state index contributed by atoms with van der Waals surface area (Å²) in [5.74, 6) is -2.96. The van der Waals surface area contributed by atoms with Gasteiger partial charge < -0.3 is 25.2 Å². The maximum atomic E-state index is 11.5. The molecule has 0 amide bonds. The van der Waals surface area contributed by atoms with Crippen LogP contribution in [0, 0.1) is 0 Å². The van der Waals surface area contributed by atoms with Crippen molar-refractivity contribution >= 4 is 49.7 Å². The molecule has 2 aromatic rings. The summed E-state index contributed by atoms with van der Waals surface area (Å²) < 4.78 is 0. The Morgan fingerprint density at radius 2 is 0.933 bits per heavy atom. The topological polar surface area (TPSA) is 121 Å². The number of hydrogen-bond donors (Lipinski definition) is 2. The zero-order chi connectivity index (χ0) is 32.4. The molecule has 6 nitrogen and oxygen atoms in total. The van der Waals surface area contributed by atoms with Crippen LogP contribution < -0.4 is 10.2 Å². The van der Waals surface area contributed by atoms with Crippen LogP contribution in [0.25, 0.3) is 0 Å². The van der Waals surface area contributed by atoms with Gasteiger partial charge in [-0.15, -0.1) is 0 Å². The van der Waals surface area contributed by atoms with Crippen LogP contribution in [0.5, 0.6) is 11.5 Å². The molecule has 0 heterocycles. The second-order valence-corrected chi connectivity index (χ2v) is 12.1. The van der Waals surface area contributed by atoms with Gasteiger partial charge in [0.2, 0.25) is 0 Å². The molecule has 0 spiro atoms. The number of carbonyl (C=O) groups is 2. The first kappa shape index (κ1) is 43.2. The minimum absolute atomic E-state index is 0. The normalized spacial score (nSPS) is 10.5. The van der Waals surface area contributed by atoms with Crippen LogP contribution in [0.4, 0.5) is 0 Å². The molecule has 0 aromatic heterocycles. The molecule has 248 valence electrons. The van der Waals surface area contributed by atoms with Gasteiger partial charge >= 0.3 is 43.7 Å². The summed E-state index contributed by atoms with van der Waals surface area (Å²) in [5.41, 5.74) is 1.27. The largest absolute Gasteiger partial charge is 2.00 e. The Morgan fingerprint density at radius 1 is 0.578 bits per heavy atom. The summed E-state index contributed by atoms with van der Waals surface area (Å²) in [4.78, 5) is 22.2. The Balaban J connectivity index is 0.000000842. The SMILES string of the molecule is CCCCCCCCCCCCc1cccc(O)c1C(=O)O.CCCCCCCCCCCCc1cccc([O-])c1C(=O)[O-].[Ca+2]. The summed E-state index contributed by atoms with van der Waals surface area (Å²) in [6.45, 7) is 4.47. The number of benzene rings is 2. The number of unbranched alkanes of at least 4 members (excludes halogenated alkanes) is 18. The van der Waals surface area contributed by atoms with Gasteiger partial charge in [0, 0.05) is 0 Å². The average molecular weight is 651 g/mol. The molecule has 0 saturated carbocycles. The number of rotatable bonds is 24. The quantitative estimate of drug-likeness (QED) is 0.0866. The molecular weight excluding hydrogens is 592 g/mol. The molecular formula is C38H58CaO6. The van der Waals surface area contributed by atoms with Gasteiger partial charge in [-0.2, -0.15) is 0 Å². The van der Waals surface area contributed by atoms with Crippen LogP contribution in [0.15, 0.2) is 36.4 Å². The van der Waals surface area contributed by atoms with Crippen molar-refractivity contribution in [2.24, 2.45) is 0 Å². The summed E-state index contributed by atoms with van der Waals surface area (Å²) in [6.07, 6.45) is 26.4. The van der Waals surface area contributed by atoms with Crippen LogP contribution in [0.3, 0.4) is 0 Å². The van der Waals surface area contributed by atoms with E-state index in [0.29, 0.717) is 12.0 Å². The van der Waals surface area contributed by atoms with E-state index in [1.807, 2.05) is 0 Å². The molecule has 0 aliphatic heterocycles. The number of carbonyl (C=O) groups excluding carboxylic acids is 1. The van der Waals surface area contributed by atoms with E-state index in [4.69, 9.17) is 5.11 Å². The number of aromatic carboxylic acids is 2. The summed E-state index contributed by atoms with van der Waals surface area (Å²) >= 11 is 0. The van der Waals surface area contributed by atoms with Crippen molar-refractivity contribution in [2.45, 2.75) is 155 Å². The van der Waals surface area contributed by atoms with E-state index < -0.39 is 17.7 Å². The molecule has 0 atom stereocenters. The predicted molar refractivity (Wildman–Crippen MR) is 182 cm³/mol. The van der Waals surface area contributed by atoms with E-state index in [1.165, 1.54) is 115 Å². The number of hydrogen-bond acceptors (Lipinski definition) is 5. The summed E-state index contributed by atoms with van der Waals surface area (Å²) in [5, 5.41) is 41.3. The van der Waals surface area contributed by atoms with Crippen LogP contribution >= 0.6 is 0 Å². The molecule has 2 rings (SSSR count). The summed E-state index contributed by atoms with van der Waals surface area (Å²) in [7, 11) is 0. The van der Waals surface area contributed by atoms with Crippen molar-refractivity contribution in [3.05, 3.63) is 58.7 Å². The van der Waals surface area contributed by atoms with Crippen molar-refractivity contribution in [1.29, 1.82) is 0 Å². The van der Waals surface area contributed by atoms with E-state index in [0.717, 1.165) is 37.7 Å². The van der Waals surface area contributed by atoms with E-state index in [-0.39, 0.29) is 54.6 Å². The Bertz CT molecular complexity index is 971.